The molecule has 0 amide bonds. The van der Waals surface area contributed by atoms with Crippen molar-refractivity contribution in [3.8, 4) is 0 Å². The summed E-state index contributed by atoms with van der Waals surface area (Å²) in [4.78, 5) is 5.79. The van der Waals surface area contributed by atoms with Crippen molar-refractivity contribution >= 4 is 11.3 Å². The molecule has 0 spiro atoms. The molecule has 2 nitrogen and oxygen atoms in total. The van der Waals surface area contributed by atoms with Crippen LogP contribution in [0.5, 0.6) is 0 Å². The molecule has 1 aromatic heterocycles. The van der Waals surface area contributed by atoms with E-state index in [-0.39, 0.29) is 0 Å². The van der Waals surface area contributed by atoms with Crippen LogP contribution in [0.4, 0.5) is 0 Å². The molecule has 0 unspecified atom stereocenters. The molecule has 1 N–H and O–H groups in total. The molecular formula is C10H16N2S. The predicted octanol–water partition coefficient (Wildman–Crippen LogP) is 2.52. The van der Waals surface area contributed by atoms with Crippen LogP contribution in [-0.4, -0.2) is 11.0 Å². The minimum Gasteiger partial charge on any atom is -0.308 e. The third-order valence-corrected chi connectivity index (χ3v) is 3.56. The number of rotatable bonds is 4. The van der Waals surface area contributed by atoms with Gasteiger partial charge in [0, 0.05) is 23.7 Å². The zero-order chi connectivity index (χ0) is 9.26. The highest BCUT2D eigenvalue weighted by molar-refractivity contribution is 7.11. The van der Waals surface area contributed by atoms with Crippen molar-refractivity contribution in [2.75, 3.05) is 0 Å². The lowest BCUT2D eigenvalue weighted by Crippen LogP contribution is -2.14. The number of hydrogen-bond acceptors (Lipinski definition) is 3. The van der Waals surface area contributed by atoms with Crippen molar-refractivity contribution < 1.29 is 0 Å². The van der Waals surface area contributed by atoms with Crippen LogP contribution in [-0.2, 0) is 6.54 Å². The molecule has 0 radical (unpaired) electrons. The van der Waals surface area contributed by atoms with Crippen molar-refractivity contribution in [1.82, 2.24) is 10.3 Å². The first-order valence-electron chi connectivity index (χ1n) is 4.93. The molecule has 0 bridgehead atoms. The Labute approximate surface area is 83.4 Å². The molecule has 1 aromatic rings. The maximum absolute atomic E-state index is 4.39. The van der Waals surface area contributed by atoms with Crippen LogP contribution in [0.1, 0.15) is 42.5 Å². The van der Waals surface area contributed by atoms with Gasteiger partial charge < -0.3 is 5.32 Å². The molecule has 72 valence electrons. The Balaban J connectivity index is 1.88. The quantitative estimate of drug-likeness (QED) is 0.800. The first-order valence-corrected chi connectivity index (χ1v) is 5.75. The molecule has 1 aliphatic carbocycles. The Bertz CT molecular complexity index is 276. The molecule has 13 heavy (non-hydrogen) atoms. The van der Waals surface area contributed by atoms with Crippen LogP contribution in [0.15, 0.2) is 6.20 Å². The zero-order valence-electron chi connectivity index (χ0n) is 8.21. The highest BCUT2D eigenvalue weighted by Crippen LogP contribution is 2.23. The molecule has 3 heteroatoms. The normalized spacial score (nSPS) is 16.8. The molecular weight excluding hydrogens is 180 g/mol. The number of nitrogens with one attached hydrogen (secondary N) is 1. The third kappa shape index (κ3) is 2.51. The largest absolute Gasteiger partial charge is 0.308 e. The summed E-state index contributed by atoms with van der Waals surface area (Å²) in [6.07, 6.45) is 4.71. The van der Waals surface area contributed by atoms with E-state index in [1.165, 1.54) is 22.7 Å². The fourth-order valence-electron chi connectivity index (χ4n) is 1.19. The van der Waals surface area contributed by atoms with Gasteiger partial charge >= 0.3 is 0 Å². The lowest BCUT2D eigenvalue weighted by atomic mass is 10.2. The van der Waals surface area contributed by atoms with E-state index in [9.17, 15) is 0 Å². The number of aromatic nitrogens is 1. The summed E-state index contributed by atoms with van der Waals surface area (Å²) in [6.45, 7) is 5.39. The standard InChI is InChI=1S/C10H16N2S/c1-7(2)9-5-12-10(13-9)6-11-8-3-4-8/h5,7-8,11H,3-4,6H2,1-2H3. The van der Waals surface area contributed by atoms with Crippen molar-refractivity contribution in [3.05, 3.63) is 16.1 Å². The van der Waals surface area contributed by atoms with Crippen molar-refractivity contribution in [1.29, 1.82) is 0 Å². The number of hydrogen-bond donors (Lipinski definition) is 1. The van der Waals surface area contributed by atoms with Gasteiger partial charge in [-0.05, 0) is 18.8 Å². The fourth-order valence-corrected chi connectivity index (χ4v) is 2.07. The van der Waals surface area contributed by atoms with Crippen LogP contribution in [0.3, 0.4) is 0 Å². The first-order chi connectivity index (χ1) is 6.25. The minimum atomic E-state index is 0.618. The van der Waals surface area contributed by atoms with E-state index in [1.807, 2.05) is 17.5 Å². The van der Waals surface area contributed by atoms with Gasteiger partial charge in [0.15, 0.2) is 0 Å². The van der Waals surface area contributed by atoms with E-state index in [1.54, 1.807) is 0 Å². The topological polar surface area (TPSA) is 24.9 Å². The highest BCUT2D eigenvalue weighted by atomic mass is 32.1. The van der Waals surface area contributed by atoms with Gasteiger partial charge in [-0.2, -0.15) is 0 Å². The maximum atomic E-state index is 4.39. The second kappa shape index (κ2) is 3.76. The SMILES string of the molecule is CC(C)c1cnc(CNC2CC2)s1. The van der Waals surface area contributed by atoms with Crippen LogP contribution in [0.25, 0.3) is 0 Å². The molecule has 2 rings (SSSR count). The highest BCUT2D eigenvalue weighted by Gasteiger charge is 2.20. The summed E-state index contributed by atoms with van der Waals surface area (Å²) >= 11 is 1.84. The third-order valence-electron chi connectivity index (χ3n) is 2.26. The van der Waals surface area contributed by atoms with Gasteiger partial charge in [-0.3, -0.25) is 0 Å². The summed E-state index contributed by atoms with van der Waals surface area (Å²) in [6, 6.07) is 0.784. The summed E-state index contributed by atoms with van der Waals surface area (Å²) in [5.41, 5.74) is 0. The Kier molecular flexibility index (Phi) is 2.65. The van der Waals surface area contributed by atoms with Crippen molar-refractivity contribution in [2.24, 2.45) is 0 Å². The van der Waals surface area contributed by atoms with E-state index in [2.05, 4.69) is 24.1 Å². The van der Waals surface area contributed by atoms with Crippen LogP contribution < -0.4 is 5.32 Å². The van der Waals surface area contributed by atoms with Gasteiger partial charge in [-0.1, -0.05) is 13.8 Å². The fraction of sp³-hybridized carbons (Fsp3) is 0.700. The lowest BCUT2D eigenvalue weighted by molar-refractivity contribution is 0.684. The van der Waals surface area contributed by atoms with Crippen LogP contribution >= 0.6 is 11.3 Å². The molecule has 1 fully saturated rings. The summed E-state index contributed by atoms with van der Waals surface area (Å²) in [7, 11) is 0. The number of thiazole rings is 1. The zero-order valence-corrected chi connectivity index (χ0v) is 9.03. The Morgan fingerprint density at radius 2 is 2.38 bits per heavy atom. The molecule has 1 heterocycles. The summed E-state index contributed by atoms with van der Waals surface area (Å²) in [5, 5.41) is 4.71. The Morgan fingerprint density at radius 1 is 1.62 bits per heavy atom. The van der Waals surface area contributed by atoms with Crippen molar-refractivity contribution in [3.63, 3.8) is 0 Å². The Hall–Kier alpha value is -0.410. The van der Waals surface area contributed by atoms with Gasteiger partial charge in [-0.15, -0.1) is 11.3 Å². The second-order valence-corrected chi connectivity index (χ2v) is 5.11. The monoisotopic (exact) mass is 196 g/mol. The van der Waals surface area contributed by atoms with E-state index in [0.29, 0.717) is 5.92 Å². The molecule has 0 atom stereocenters. The van der Waals surface area contributed by atoms with Gasteiger partial charge in [0.25, 0.3) is 0 Å². The molecule has 1 saturated carbocycles. The van der Waals surface area contributed by atoms with E-state index < -0.39 is 0 Å². The average molecular weight is 196 g/mol. The molecule has 1 aliphatic rings. The van der Waals surface area contributed by atoms with Crippen LogP contribution in [0, 0.1) is 0 Å². The summed E-state index contributed by atoms with van der Waals surface area (Å²) in [5.74, 6) is 0.618. The first kappa shape index (κ1) is 9.16. The van der Waals surface area contributed by atoms with Gasteiger partial charge in [-0.25, -0.2) is 4.98 Å². The van der Waals surface area contributed by atoms with E-state index in [4.69, 9.17) is 0 Å². The summed E-state index contributed by atoms with van der Waals surface area (Å²) < 4.78 is 0. The van der Waals surface area contributed by atoms with Crippen molar-refractivity contribution in [2.45, 2.75) is 45.2 Å². The molecule has 0 aromatic carbocycles. The van der Waals surface area contributed by atoms with E-state index in [0.717, 1.165) is 12.6 Å². The lowest BCUT2D eigenvalue weighted by Gasteiger charge is -1.98. The van der Waals surface area contributed by atoms with Gasteiger partial charge in [0.1, 0.15) is 5.01 Å². The number of nitrogens with zero attached hydrogens (tertiary/aromatic N) is 1. The smallest absolute Gasteiger partial charge is 0.107 e. The average Bonchev–Trinajstić information content (AvgIpc) is 2.79. The predicted molar refractivity (Wildman–Crippen MR) is 56.1 cm³/mol. The van der Waals surface area contributed by atoms with Crippen LogP contribution in [0.2, 0.25) is 0 Å². The van der Waals surface area contributed by atoms with Gasteiger partial charge in [0.2, 0.25) is 0 Å². The molecule has 0 aliphatic heterocycles. The minimum absolute atomic E-state index is 0.618. The molecule has 0 saturated heterocycles. The maximum Gasteiger partial charge on any atom is 0.107 e. The van der Waals surface area contributed by atoms with Gasteiger partial charge in [0.05, 0.1) is 0 Å². The van der Waals surface area contributed by atoms with E-state index >= 15 is 0 Å². The second-order valence-electron chi connectivity index (χ2n) is 3.97. The Morgan fingerprint density at radius 3 is 2.92 bits per heavy atom.